The molecule has 17 heavy (non-hydrogen) atoms. The molecule has 0 atom stereocenters. The molecule has 0 aliphatic carbocycles. The zero-order valence-electron chi connectivity index (χ0n) is 10.2. The molecule has 1 N–H and O–H groups in total. The molecular weight excluding hydrogens is 280 g/mol. The summed E-state index contributed by atoms with van der Waals surface area (Å²) in [6.45, 7) is 5.97. The van der Waals surface area contributed by atoms with Crippen LogP contribution in [0.1, 0.15) is 37.6 Å². The van der Waals surface area contributed by atoms with Gasteiger partial charge in [0, 0.05) is 33.2 Å². The molecule has 0 aliphatic heterocycles. The van der Waals surface area contributed by atoms with E-state index in [1.165, 1.54) is 0 Å². The number of hydrogen-bond acceptors (Lipinski definition) is 2. The molecule has 0 aromatic carbocycles. The van der Waals surface area contributed by atoms with E-state index in [4.69, 9.17) is 0 Å². The predicted octanol–water partition coefficient (Wildman–Crippen LogP) is 3.94. The minimum atomic E-state index is -0.336. The lowest BCUT2D eigenvalue weighted by Gasteiger charge is -2.20. The van der Waals surface area contributed by atoms with Crippen molar-refractivity contribution in [3.63, 3.8) is 0 Å². The van der Waals surface area contributed by atoms with E-state index in [0.29, 0.717) is 0 Å². The predicted molar refractivity (Wildman–Crippen MR) is 72.2 cm³/mol. The number of H-pyrrole nitrogens is 1. The van der Waals surface area contributed by atoms with Crippen molar-refractivity contribution in [1.29, 1.82) is 0 Å². The molecule has 2 aromatic rings. The summed E-state index contributed by atoms with van der Waals surface area (Å²) in [5, 5.41) is 0.880. The van der Waals surface area contributed by atoms with Gasteiger partial charge in [0.1, 0.15) is 5.65 Å². The van der Waals surface area contributed by atoms with Crippen LogP contribution in [0.3, 0.4) is 0 Å². The quantitative estimate of drug-likeness (QED) is 0.872. The Morgan fingerprint density at radius 3 is 2.88 bits per heavy atom. The molecular formula is C13H15BrN2O. The van der Waals surface area contributed by atoms with Crippen molar-refractivity contribution in [1.82, 2.24) is 9.97 Å². The number of rotatable bonds is 3. The lowest BCUT2D eigenvalue weighted by atomic mass is 9.82. The Morgan fingerprint density at radius 2 is 2.24 bits per heavy atom. The fraction of sp³-hybridized carbons (Fsp3) is 0.385. The maximum Gasteiger partial charge on any atom is 0.170 e. The molecule has 0 amide bonds. The zero-order valence-corrected chi connectivity index (χ0v) is 11.8. The third kappa shape index (κ3) is 2.14. The van der Waals surface area contributed by atoms with Crippen LogP contribution in [0.15, 0.2) is 22.9 Å². The van der Waals surface area contributed by atoms with Gasteiger partial charge in [-0.2, -0.15) is 0 Å². The molecule has 3 nitrogen and oxygen atoms in total. The van der Waals surface area contributed by atoms with E-state index >= 15 is 0 Å². The van der Waals surface area contributed by atoms with Gasteiger partial charge in [-0.1, -0.05) is 20.8 Å². The second-order valence-corrected chi connectivity index (χ2v) is 5.73. The fourth-order valence-corrected chi connectivity index (χ4v) is 2.02. The van der Waals surface area contributed by atoms with Gasteiger partial charge in [0.2, 0.25) is 0 Å². The van der Waals surface area contributed by atoms with Crippen molar-refractivity contribution in [3.05, 3.63) is 28.5 Å². The third-order valence-electron chi connectivity index (χ3n) is 3.24. The highest BCUT2D eigenvalue weighted by Gasteiger charge is 2.28. The van der Waals surface area contributed by atoms with E-state index in [2.05, 4.69) is 25.9 Å². The maximum absolute atomic E-state index is 12.4. The number of nitrogens with one attached hydrogen (secondary N) is 1. The zero-order chi connectivity index (χ0) is 12.6. The van der Waals surface area contributed by atoms with Crippen LogP contribution in [0.4, 0.5) is 0 Å². The van der Waals surface area contributed by atoms with E-state index in [9.17, 15) is 4.79 Å². The van der Waals surface area contributed by atoms with Crippen LogP contribution in [-0.4, -0.2) is 15.8 Å². The van der Waals surface area contributed by atoms with Gasteiger partial charge in [0.25, 0.3) is 0 Å². The summed E-state index contributed by atoms with van der Waals surface area (Å²) in [5.41, 5.74) is 1.14. The number of Topliss-reactive ketones (excluding diaryl/α,β-unsaturated/α-hetero) is 1. The number of nitrogens with zero attached hydrogens (tertiary/aromatic N) is 1. The third-order valence-corrected chi connectivity index (χ3v) is 3.67. The van der Waals surface area contributed by atoms with Crippen LogP contribution < -0.4 is 0 Å². The first-order valence-corrected chi connectivity index (χ1v) is 6.42. The molecule has 0 radical (unpaired) electrons. The monoisotopic (exact) mass is 294 g/mol. The van der Waals surface area contributed by atoms with E-state index in [1.54, 1.807) is 12.4 Å². The fourth-order valence-electron chi connectivity index (χ4n) is 1.69. The summed E-state index contributed by atoms with van der Waals surface area (Å²) in [4.78, 5) is 19.7. The minimum Gasteiger partial charge on any atom is -0.345 e. The highest BCUT2D eigenvalue weighted by molar-refractivity contribution is 9.10. The van der Waals surface area contributed by atoms with E-state index < -0.39 is 0 Å². The molecule has 4 heteroatoms. The van der Waals surface area contributed by atoms with Crippen LogP contribution in [0.2, 0.25) is 0 Å². The molecule has 90 valence electrons. The Kier molecular flexibility index (Phi) is 3.08. The summed E-state index contributed by atoms with van der Waals surface area (Å²) >= 11 is 3.38. The van der Waals surface area contributed by atoms with E-state index in [0.717, 1.165) is 27.5 Å². The first-order valence-electron chi connectivity index (χ1n) is 5.63. The number of pyridine rings is 1. The second-order valence-electron chi connectivity index (χ2n) is 4.82. The van der Waals surface area contributed by atoms with Gasteiger partial charge in [-0.3, -0.25) is 4.79 Å². The number of ketones is 1. The highest BCUT2D eigenvalue weighted by atomic mass is 79.9. The van der Waals surface area contributed by atoms with Gasteiger partial charge >= 0.3 is 0 Å². The van der Waals surface area contributed by atoms with E-state index in [-0.39, 0.29) is 11.2 Å². The van der Waals surface area contributed by atoms with Crippen LogP contribution in [0.25, 0.3) is 11.0 Å². The number of hydrogen-bond donors (Lipinski definition) is 1. The maximum atomic E-state index is 12.4. The Bertz CT molecular complexity index is 572. The largest absolute Gasteiger partial charge is 0.345 e. The average Bonchev–Trinajstić information content (AvgIpc) is 2.70. The Hall–Kier alpha value is -1.16. The summed E-state index contributed by atoms with van der Waals surface area (Å²) in [5.74, 6) is 0.158. The normalized spacial score (nSPS) is 12.0. The molecule has 0 unspecified atom stereocenters. The Morgan fingerprint density at radius 1 is 1.53 bits per heavy atom. The second kappa shape index (κ2) is 4.26. The van der Waals surface area contributed by atoms with Crippen molar-refractivity contribution in [2.75, 3.05) is 0 Å². The lowest BCUT2D eigenvalue weighted by Crippen LogP contribution is -2.23. The molecule has 0 spiro atoms. The van der Waals surface area contributed by atoms with Crippen molar-refractivity contribution in [2.24, 2.45) is 5.41 Å². The number of aromatic nitrogens is 2. The number of aromatic amines is 1. The standard InChI is InChI=1S/C13H15BrN2O/c1-4-13(2,3)11(17)10-7-16-12-9(10)5-8(14)6-15-12/h5-7H,4H2,1-3H3,(H,15,16). The van der Waals surface area contributed by atoms with Crippen molar-refractivity contribution < 1.29 is 4.79 Å². The number of carbonyl (C=O) groups is 1. The summed E-state index contributed by atoms with van der Waals surface area (Å²) in [7, 11) is 0. The molecule has 0 saturated heterocycles. The average molecular weight is 295 g/mol. The molecule has 0 saturated carbocycles. The van der Waals surface area contributed by atoms with Gasteiger partial charge in [-0.25, -0.2) is 4.98 Å². The first kappa shape index (κ1) is 12.3. The van der Waals surface area contributed by atoms with Gasteiger partial charge in [-0.15, -0.1) is 0 Å². The van der Waals surface area contributed by atoms with Crippen molar-refractivity contribution in [3.8, 4) is 0 Å². The summed E-state index contributed by atoms with van der Waals surface area (Å²) in [6.07, 6.45) is 4.29. The smallest absolute Gasteiger partial charge is 0.170 e. The van der Waals surface area contributed by atoms with Crippen LogP contribution in [-0.2, 0) is 0 Å². The molecule has 0 bridgehead atoms. The summed E-state index contributed by atoms with van der Waals surface area (Å²) in [6, 6.07) is 1.93. The molecule has 2 rings (SSSR count). The molecule has 0 fully saturated rings. The number of fused-ring (bicyclic) bond motifs is 1. The van der Waals surface area contributed by atoms with Gasteiger partial charge in [-0.05, 0) is 28.4 Å². The van der Waals surface area contributed by atoms with Crippen molar-refractivity contribution >= 4 is 32.7 Å². The number of carbonyl (C=O) groups excluding carboxylic acids is 1. The Labute approximate surface area is 109 Å². The SMILES string of the molecule is CCC(C)(C)C(=O)c1c[nH]c2ncc(Br)cc12. The van der Waals surface area contributed by atoms with Crippen LogP contribution >= 0.6 is 15.9 Å². The summed E-state index contributed by atoms with van der Waals surface area (Å²) < 4.78 is 0.882. The first-order chi connectivity index (χ1) is 7.95. The molecule has 2 aromatic heterocycles. The molecule has 2 heterocycles. The van der Waals surface area contributed by atoms with E-state index in [1.807, 2.05) is 26.8 Å². The topological polar surface area (TPSA) is 45.8 Å². The van der Waals surface area contributed by atoms with Crippen LogP contribution in [0, 0.1) is 5.41 Å². The minimum absolute atomic E-state index is 0.158. The highest BCUT2D eigenvalue weighted by Crippen LogP contribution is 2.29. The van der Waals surface area contributed by atoms with Crippen LogP contribution in [0.5, 0.6) is 0 Å². The van der Waals surface area contributed by atoms with Gasteiger partial charge in [0.15, 0.2) is 5.78 Å². The lowest BCUT2D eigenvalue weighted by molar-refractivity contribution is 0.0835. The van der Waals surface area contributed by atoms with Crippen molar-refractivity contribution in [2.45, 2.75) is 27.2 Å². The Balaban J connectivity index is 2.56. The van der Waals surface area contributed by atoms with Gasteiger partial charge < -0.3 is 4.98 Å². The van der Waals surface area contributed by atoms with Gasteiger partial charge in [0.05, 0.1) is 0 Å². The molecule has 0 aliphatic rings. The number of halogens is 1.